The van der Waals surface area contributed by atoms with Gasteiger partial charge in [0.05, 0.1) is 22.2 Å². The van der Waals surface area contributed by atoms with Crippen molar-refractivity contribution >= 4 is 11.6 Å². The van der Waals surface area contributed by atoms with Gasteiger partial charge in [0.2, 0.25) is 5.82 Å². The van der Waals surface area contributed by atoms with Gasteiger partial charge in [0.1, 0.15) is 0 Å². The van der Waals surface area contributed by atoms with Crippen molar-refractivity contribution < 1.29 is 14.1 Å². The molecule has 1 N–H and O–H groups in total. The van der Waals surface area contributed by atoms with Crippen LogP contribution in [0.1, 0.15) is 54.3 Å². The lowest BCUT2D eigenvalue weighted by Gasteiger charge is -2.14. The van der Waals surface area contributed by atoms with Crippen molar-refractivity contribution in [1.29, 1.82) is 0 Å². The molecule has 8 heteroatoms. The van der Waals surface area contributed by atoms with Crippen LogP contribution >= 0.6 is 0 Å². The number of hydrogen-bond donors (Lipinski definition) is 1. The fraction of sp³-hybridized carbons (Fsp3) is 0.412. The summed E-state index contributed by atoms with van der Waals surface area (Å²) < 4.78 is 15.2. The van der Waals surface area contributed by atoms with Crippen LogP contribution in [-0.4, -0.2) is 20.6 Å². The van der Waals surface area contributed by atoms with Crippen molar-refractivity contribution in [2.45, 2.75) is 46.2 Å². The normalized spacial score (nSPS) is 12.0. The number of aryl methyl sites for hydroxylation is 2. The van der Waals surface area contributed by atoms with Crippen molar-refractivity contribution in [3.05, 3.63) is 57.1 Å². The number of carbonyl (C=O) groups excluding carboxylic acids is 1. The molecule has 0 aliphatic rings. The van der Waals surface area contributed by atoms with Gasteiger partial charge in [0.25, 0.3) is 5.91 Å². The maximum atomic E-state index is 13.4. The van der Waals surface area contributed by atoms with Crippen molar-refractivity contribution in [2.24, 2.45) is 0 Å². The molecule has 25 heavy (non-hydrogen) atoms. The first-order valence-electron chi connectivity index (χ1n) is 8.12. The molecule has 1 aromatic carbocycles. The maximum absolute atomic E-state index is 13.4. The largest absolute Gasteiger partial charge is 0.345 e. The van der Waals surface area contributed by atoms with E-state index < -0.39 is 22.5 Å². The summed E-state index contributed by atoms with van der Waals surface area (Å²) in [5.74, 6) is -1.22. The minimum Gasteiger partial charge on any atom is -0.345 e. The highest BCUT2D eigenvalue weighted by molar-refractivity contribution is 5.95. The smallest absolute Gasteiger partial charge is 0.305 e. The maximum Gasteiger partial charge on any atom is 0.305 e. The second-order valence-corrected chi connectivity index (χ2v) is 5.91. The number of nitrogens with one attached hydrogen (secondary N) is 1. The summed E-state index contributed by atoms with van der Waals surface area (Å²) in [6.07, 6.45) is 3.69. The number of nitro groups is 1. The zero-order valence-electron chi connectivity index (χ0n) is 14.5. The standard InChI is InChI=1S/C17H21FN4O3/c1-4-5-8-21-10-14(12(3)20-21)17(23)19-11(2)13-6-7-15(18)16(9-13)22(24)25/h6-7,9-11H,4-5,8H2,1-3H3,(H,19,23)/t11-/m0/s1. The molecular weight excluding hydrogens is 327 g/mol. The van der Waals surface area contributed by atoms with Gasteiger partial charge in [-0.2, -0.15) is 9.49 Å². The summed E-state index contributed by atoms with van der Waals surface area (Å²) in [6, 6.07) is 3.08. The monoisotopic (exact) mass is 348 g/mol. The second-order valence-electron chi connectivity index (χ2n) is 5.91. The first kappa shape index (κ1) is 18.6. The summed E-state index contributed by atoms with van der Waals surface area (Å²) in [5.41, 5.74) is 0.921. The lowest BCUT2D eigenvalue weighted by Crippen LogP contribution is -2.27. The summed E-state index contributed by atoms with van der Waals surface area (Å²) in [6.45, 7) is 6.26. The zero-order valence-corrected chi connectivity index (χ0v) is 14.5. The summed E-state index contributed by atoms with van der Waals surface area (Å²) >= 11 is 0. The molecule has 1 amide bonds. The molecule has 0 radical (unpaired) electrons. The van der Waals surface area contributed by atoms with E-state index in [1.165, 1.54) is 6.07 Å². The van der Waals surface area contributed by atoms with E-state index in [0.717, 1.165) is 31.5 Å². The zero-order chi connectivity index (χ0) is 18.6. The van der Waals surface area contributed by atoms with Gasteiger partial charge in [-0.3, -0.25) is 19.6 Å². The minimum atomic E-state index is -0.902. The van der Waals surface area contributed by atoms with Gasteiger partial charge in [-0.05, 0) is 31.9 Å². The van der Waals surface area contributed by atoms with Crippen molar-refractivity contribution in [3.8, 4) is 0 Å². The van der Waals surface area contributed by atoms with E-state index >= 15 is 0 Å². The Kier molecular flexibility index (Phi) is 5.84. The third kappa shape index (κ3) is 4.40. The second kappa shape index (κ2) is 7.87. The van der Waals surface area contributed by atoms with Crippen molar-refractivity contribution in [2.75, 3.05) is 0 Å². The molecule has 0 unspecified atom stereocenters. The number of amides is 1. The molecule has 0 aliphatic carbocycles. The summed E-state index contributed by atoms with van der Waals surface area (Å²) in [5, 5.41) is 17.9. The number of rotatable bonds is 7. The van der Waals surface area contributed by atoms with E-state index in [1.807, 2.05) is 0 Å². The van der Waals surface area contributed by atoms with Crippen LogP contribution < -0.4 is 5.32 Å². The molecule has 0 bridgehead atoms. The number of carbonyl (C=O) groups is 1. The fourth-order valence-corrected chi connectivity index (χ4v) is 2.47. The first-order valence-corrected chi connectivity index (χ1v) is 8.12. The Hall–Kier alpha value is -2.77. The average Bonchev–Trinajstić information content (AvgIpc) is 2.93. The molecule has 134 valence electrons. The van der Waals surface area contributed by atoms with E-state index in [2.05, 4.69) is 17.3 Å². The summed E-state index contributed by atoms with van der Waals surface area (Å²) in [4.78, 5) is 22.5. The molecule has 7 nitrogen and oxygen atoms in total. The first-order chi connectivity index (χ1) is 11.8. The van der Waals surface area contributed by atoms with Crippen LogP contribution in [0, 0.1) is 22.9 Å². The highest BCUT2D eigenvalue weighted by Gasteiger charge is 2.20. The van der Waals surface area contributed by atoms with E-state index in [1.54, 1.807) is 24.7 Å². The Labute approximate surface area is 145 Å². The topological polar surface area (TPSA) is 90.1 Å². The predicted molar refractivity (Wildman–Crippen MR) is 90.8 cm³/mol. The van der Waals surface area contributed by atoms with Gasteiger partial charge in [-0.1, -0.05) is 19.4 Å². The molecule has 2 rings (SSSR count). The van der Waals surface area contributed by atoms with Crippen molar-refractivity contribution in [3.63, 3.8) is 0 Å². The molecule has 0 fully saturated rings. The number of nitro benzene ring substituents is 1. The van der Waals surface area contributed by atoms with E-state index in [0.29, 0.717) is 16.8 Å². The highest BCUT2D eigenvalue weighted by atomic mass is 19.1. The molecule has 1 heterocycles. The fourth-order valence-electron chi connectivity index (χ4n) is 2.47. The SMILES string of the molecule is CCCCn1cc(C(=O)N[C@@H](C)c2ccc(F)c([N+](=O)[O-])c2)c(C)n1. The van der Waals surface area contributed by atoms with Crippen LogP contribution in [0.25, 0.3) is 0 Å². The third-order valence-corrected chi connectivity index (χ3v) is 3.95. The number of hydrogen-bond acceptors (Lipinski definition) is 4. The highest BCUT2D eigenvalue weighted by Crippen LogP contribution is 2.23. The lowest BCUT2D eigenvalue weighted by atomic mass is 10.1. The number of nitrogens with zero attached hydrogens (tertiary/aromatic N) is 3. The lowest BCUT2D eigenvalue weighted by molar-refractivity contribution is -0.387. The molecule has 1 atom stereocenters. The molecule has 1 aromatic heterocycles. The van der Waals surface area contributed by atoms with Crippen LogP contribution in [0.15, 0.2) is 24.4 Å². The number of benzene rings is 1. The molecule has 0 spiro atoms. The number of halogens is 1. The Morgan fingerprint density at radius 2 is 2.20 bits per heavy atom. The van der Waals surface area contributed by atoms with E-state index in [4.69, 9.17) is 0 Å². The van der Waals surface area contributed by atoms with Gasteiger partial charge in [-0.25, -0.2) is 0 Å². The van der Waals surface area contributed by atoms with E-state index in [-0.39, 0.29) is 5.91 Å². The Bertz CT molecular complexity index is 788. The predicted octanol–water partition coefficient (Wildman–Crippen LogP) is 3.53. The molecule has 2 aromatic rings. The Morgan fingerprint density at radius 3 is 2.84 bits per heavy atom. The third-order valence-electron chi connectivity index (χ3n) is 3.95. The quantitative estimate of drug-likeness (QED) is 0.612. The van der Waals surface area contributed by atoms with Crippen molar-refractivity contribution in [1.82, 2.24) is 15.1 Å². The molecule has 0 saturated carbocycles. The van der Waals surface area contributed by atoms with E-state index in [9.17, 15) is 19.3 Å². The van der Waals surface area contributed by atoms with Gasteiger partial charge in [-0.15, -0.1) is 0 Å². The molecule has 0 saturated heterocycles. The Balaban J connectivity index is 2.14. The Morgan fingerprint density at radius 1 is 1.48 bits per heavy atom. The van der Waals surface area contributed by atoms with Gasteiger partial charge < -0.3 is 5.32 Å². The van der Waals surface area contributed by atoms with Crippen LogP contribution in [0.2, 0.25) is 0 Å². The number of unbranched alkanes of at least 4 members (excludes halogenated alkanes) is 1. The minimum absolute atomic E-state index is 0.320. The number of aromatic nitrogens is 2. The van der Waals surface area contributed by atoms with Crippen LogP contribution in [-0.2, 0) is 6.54 Å². The molecular formula is C17H21FN4O3. The average molecular weight is 348 g/mol. The van der Waals surface area contributed by atoms with Gasteiger partial charge >= 0.3 is 5.69 Å². The summed E-state index contributed by atoms with van der Waals surface area (Å²) in [7, 11) is 0. The van der Waals surface area contributed by atoms with Gasteiger partial charge in [0, 0.05) is 18.8 Å². The van der Waals surface area contributed by atoms with Crippen LogP contribution in [0.4, 0.5) is 10.1 Å². The van der Waals surface area contributed by atoms with Crippen LogP contribution in [0.3, 0.4) is 0 Å². The molecule has 0 aliphatic heterocycles. The van der Waals surface area contributed by atoms with Crippen LogP contribution in [0.5, 0.6) is 0 Å². The van der Waals surface area contributed by atoms with Gasteiger partial charge in [0.15, 0.2) is 0 Å².